The van der Waals surface area contributed by atoms with Crippen LogP contribution in [0.2, 0.25) is 0 Å². The number of carbonyl (C=O) groups excluding carboxylic acids is 1. The van der Waals surface area contributed by atoms with Gasteiger partial charge in [0.2, 0.25) is 0 Å². The van der Waals surface area contributed by atoms with Crippen molar-refractivity contribution in [1.82, 2.24) is 5.16 Å². The van der Waals surface area contributed by atoms with E-state index < -0.39 is 0 Å². The standard InChI is InChI=1S/C17H22N2O3/c1-5-12-8-6-7-9-13(12)21-11-16(20)18-15-10-14(22-19-15)17(2,3)4/h6-10H,5,11H2,1-4H3,(H,18,19,20). The molecule has 1 heterocycles. The number of aromatic nitrogens is 1. The van der Waals surface area contributed by atoms with E-state index in [0.29, 0.717) is 5.82 Å². The first-order valence-electron chi connectivity index (χ1n) is 7.38. The minimum Gasteiger partial charge on any atom is -0.483 e. The number of nitrogens with one attached hydrogen (secondary N) is 1. The number of rotatable bonds is 5. The van der Waals surface area contributed by atoms with Crippen LogP contribution >= 0.6 is 0 Å². The molecule has 22 heavy (non-hydrogen) atoms. The van der Waals surface area contributed by atoms with E-state index in [1.807, 2.05) is 52.0 Å². The van der Waals surface area contributed by atoms with Gasteiger partial charge >= 0.3 is 0 Å². The molecule has 2 rings (SSSR count). The number of hydrogen-bond donors (Lipinski definition) is 1. The van der Waals surface area contributed by atoms with Gasteiger partial charge < -0.3 is 14.6 Å². The van der Waals surface area contributed by atoms with E-state index in [4.69, 9.17) is 9.26 Å². The summed E-state index contributed by atoms with van der Waals surface area (Å²) in [5.41, 5.74) is 0.929. The Morgan fingerprint density at radius 2 is 2.05 bits per heavy atom. The number of benzene rings is 1. The summed E-state index contributed by atoms with van der Waals surface area (Å²) in [5, 5.41) is 6.52. The summed E-state index contributed by atoms with van der Waals surface area (Å²) in [6.45, 7) is 8.04. The third kappa shape index (κ3) is 4.10. The lowest BCUT2D eigenvalue weighted by Gasteiger charge is -2.12. The number of para-hydroxylation sites is 1. The third-order valence-electron chi connectivity index (χ3n) is 3.23. The van der Waals surface area contributed by atoms with Crippen molar-refractivity contribution >= 4 is 11.7 Å². The maximum absolute atomic E-state index is 11.9. The van der Waals surface area contributed by atoms with Crippen LogP contribution in [0.5, 0.6) is 5.75 Å². The van der Waals surface area contributed by atoms with Gasteiger partial charge in [0.1, 0.15) is 11.5 Å². The smallest absolute Gasteiger partial charge is 0.263 e. The Morgan fingerprint density at radius 3 is 2.68 bits per heavy atom. The van der Waals surface area contributed by atoms with Crippen molar-refractivity contribution in [3.8, 4) is 5.75 Å². The first kappa shape index (κ1) is 16.1. The molecule has 0 spiro atoms. The second-order valence-corrected chi connectivity index (χ2v) is 6.12. The molecule has 5 nitrogen and oxygen atoms in total. The molecule has 118 valence electrons. The minimum atomic E-state index is -0.264. The molecule has 2 aromatic rings. The number of anilines is 1. The molecule has 0 radical (unpaired) electrons. The summed E-state index contributed by atoms with van der Waals surface area (Å²) in [7, 11) is 0. The van der Waals surface area contributed by atoms with Crippen LogP contribution in [0, 0.1) is 0 Å². The van der Waals surface area contributed by atoms with Crippen molar-refractivity contribution in [3.63, 3.8) is 0 Å². The lowest BCUT2D eigenvalue weighted by molar-refractivity contribution is -0.118. The molecule has 1 aromatic carbocycles. The van der Waals surface area contributed by atoms with Gasteiger partial charge in [-0.2, -0.15) is 0 Å². The Labute approximate surface area is 130 Å². The van der Waals surface area contributed by atoms with E-state index in [-0.39, 0.29) is 17.9 Å². The molecule has 0 bridgehead atoms. The highest BCUT2D eigenvalue weighted by Crippen LogP contribution is 2.24. The number of amides is 1. The highest BCUT2D eigenvalue weighted by atomic mass is 16.5. The molecule has 1 aromatic heterocycles. The van der Waals surface area contributed by atoms with Crippen LogP contribution in [-0.2, 0) is 16.6 Å². The van der Waals surface area contributed by atoms with Gasteiger partial charge in [-0.15, -0.1) is 0 Å². The SMILES string of the molecule is CCc1ccccc1OCC(=O)Nc1cc(C(C)(C)C)on1. The third-order valence-corrected chi connectivity index (χ3v) is 3.23. The molecular weight excluding hydrogens is 280 g/mol. The second-order valence-electron chi connectivity index (χ2n) is 6.12. The molecule has 0 atom stereocenters. The van der Waals surface area contributed by atoms with Crippen LogP contribution in [0.4, 0.5) is 5.82 Å². The van der Waals surface area contributed by atoms with Crippen molar-refractivity contribution in [3.05, 3.63) is 41.7 Å². The van der Waals surface area contributed by atoms with Gasteiger partial charge in [0.05, 0.1) is 0 Å². The molecule has 5 heteroatoms. The molecule has 0 saturated carbocycles. The van der Waals surface area contributed by atoms with Crippen molar-refractivity contribution < 1.29 is 14.1 Å². The van der Waals surface area contributed by atoms with Crippen LogP contribution in [0.1, 0.15) is 39.0 Å². The van der Waals surface area contributed by atoms with Crippen LogP contribution in [-0.4, -0.2) is 17.7 Å². The normalized spacial score (nSPS) is 11.3. The molecule has 0 aliphatic rings. The summed E-state index contributed by atoms with van der Waals surface area (Å²) in [4.78, 5) is 11.9. The van der Waals surface area contributed by atoms with Crippen LogP contribution in [0.25, 0.3) is 0 Å². The average molecular weight is 302 g/mol. The highest BCUT2D eigenvalue weighted by molar-refractivity contribution is 5.90. The Morgan fingerprint density at radius 1 is 1.32 bits per heavy atom. The van der Waals surface area contributed by atoms with Crippen LogP contribution in [0.3, 0.4) is 0 Å². The molecule has 1 amide bonds. The number of aryl methyl sites for hydroxylation is 1. The van der Waals surface area contributed by atoms with Gasteiger partial charge in [0.15, 0.2) is 12.4 Å². The molecule has 0 saturated heterocycles. The monoisotopic (exact) mass is 302 g/mol. The van der Waals surface area contributed by atoms with E-state index in [9.17, 15) is 4.79 Å². The van der Waals surface area contributed by atoms with Gasteiger partial charge in [0.25, 0.3) is 5.91 Å². The van der Waals surface area contributed by atoms with Crippen LogP contribution < -0.4 is 10.1 Å². The molecule has 1 N–H and O–H groups in total. The molecule has 0 unspecified atom stereocenters. The predicted octanol–water partition coefficient (Wildman–Crippen LogP) is 3.55. The van der Waals surface area contributed by atoms with E-state index in [0.717, 1.165) is 23.5 Å². The fraction of sp³-hybridized carbons (Fsp3) is 0.412. The molecule has 0 aliphatic heterocycles. The quantitative estimate of drug-likeness (QED) is 0.917. The van der Waals surface area contributed by atoms with Gasteiger partial charge in [-0.1, -0.05) is 51.1 Å². The number of ether oxygens (including phenoxy) is 1. The first-order chi connectivity index (χ1) is 10.4. The number of hydrogen-bond acceptors (Lipinski definition) is 4. The zero-order valence-electron chi connectivity index (χ0n) is 13.5. The fourth-order valence-corrected chi connectivity index (χ4v) is 1.95. The van der Waals surface area contributed by atoms with Crippen molar-refractivity contribution in [2.24, 2.45) is 0 Å². The van der Waals surface area contributed by atoms with E-state index in [2.05, 4.69) is 10.5 Å². The van der Waals surface area contributed by atoms with Crippen molar-refractivity contribution in [1.29, 1.82) is 0 Å². The summed E-state index contributed by atoms with van der Waals surface area (Å²) in [6, 6.07) is 9.42. The van der Waals surface area contributed by atoms with Crippen molar-refractivity contribution in [2.45, 2.75) is 39.5 Å². The lowest BCUT2D eigenvalue weighted by Crippen LogP contribution is -2.20. The Hall–Kier alpha value is -2.30. The second kappa shape index (κ2) is 6.64. The Balaban J connectivity index is 1.92. The van der Waals surface area contributed by atoms with Crippen molar-refractivity contribution in [2.75, 3.05) is 11.9 Å². The van der Waals surface area contributed by atoms with E-state index in [1.165, 1.54) is 0 Å². The average Bonchev–Trinajstić information content (AvgIpc) is 2.94. The minimum absolute atomic E-state index is 0.0608. The number of nitrogens with zero attached hydrogens (tertiary/aromatic N) is 1. The molecule has 0 aliphatic carbocycles. The Bertz CT molecular complexity index is 641. The lowest BCUT2D eigenvalue weighted by atomic mass is 9.93. The summed E-state index contributed by atoms with van der Waals surface area (Å²) in [5.74, 6) is 1.60. The van der Waals surface area contributed by atoms with Crippen LogP contribution in [0.15, 0.2) is 34.9 Å². The summed E-state index contributed by atoms with van der Waals surface area (Å²) < 4.78 is 10.8. The first-order valence-corrected chi connectivity index (χ1v) is 7.38. The van der Waals surface area contributed by atoms with E-state index >= 15 is 0 Å². The molecule has 0 fully saturated rings. The van der Waals surface area contributed by atoms with Gasteiger partial charge in [-0.25, -0.2) is 0 Å². The molecular formula is C17H22N2O3. The number of carbonyl (C=O) groups is 1. The zero-order chi connectivity index (χ0) is 16.2. The summed E-state index contributed by atoms with van der Waals surface area (Å²) >= 11 is 0. The van der Waals surface area contributed by atoms with E-state index in [1.54, 1.807) is 6.07 Å². The fourth-order valence-electron chi connectivity index (χ4n) is 1.95. The Kier molecular flexibility index (Phi) is 4.85. The largest absolute Gasteiger partial charge is 0.483 e. The van der Waals surface area contributed by atoms with Gasteiger partial charge in [-0.05, 0) is 18.1 Å². The maximum atomic E-state index is 11.9. The maximum Gasteiger partial charge on any atom is 0.263 e. The highest BCUT2D eigenvalue weighted by Gasteiger charge is 2.20. The topological polar surface area (TPSA) is 64.4 Å². The summed E-state index contributed by atoms with van der Waals surface area (Å²) in [6.07, 6.45) is 0.857. The predicted molar refractivity (Wildman–Crippen MR) is 85.1 cm³/mol. The van der Waals surface area contributed by atoms with Gasteiger partial charge in [0, 0.05) is 11.5 Å². The zero-order valence-corrected chi connectivity index (χ0v) is 13.5. The van der Waals surface area contributed by atoms with Gasteiger partial charge in [-0.3, -0.25) is 4.79 Å².